The number of nitrogens with zero attached hydrogens (tertiary/aromatic N) is 5. The molecular formula is C22H24ClN5O. The highest BCUT2D eigenvalue weighted by atomic mass is 35.5. The highest BCUT2D eigenvalue weighted by Crippen LogP contribution is 2.23. The van der Waals surface area contributed by atoms with Gasteiger partial charge in [-0.2, -0.15) is 5.10 Å². The first-order valence-electron chi connectivity index (χ1n) is 9.74. The van der Waals surface area contributed by atoms with E-state index in [1.165, 1.54) is 11.3 Å². The Hall–Kier alpha value is -2.86. The summed E-state index contributed by atoms with van der Waals surface area (Å²) < 4.78 is 1.73. The third-order valence-corrected chi connectivity index (χ3v) is 5.59. The van der Waals surface area contributed by atoms with E-state index in [4.69, 9.17) is 11.6 Å². The van der Waals surface area contributed by atoms with Crippen LogP contribution in [0.3, 0.4) is 0 Å². The highest BCUT2D eigenvalue weighted by molar-refractivity contribution is 6.33. The summed E-state index contributed by atoms with van der Waals surface area (Å²) in [7, 11) is 0. The number of pyridine rings is 1. The Kier molecular flexibility index (Phi) is 5.28. The minimum absolute atomic E-state index is 0.136. The second-order valence-electron chi connectivity index (χ2n) is 7.40. The van der Waals surface area contributed by atoms with Gasteiger partial charge < -0.3 is 9.80 Å². The lowest BCUT2D eigenvalue weighted by Crippen LogP contribution is -2.49. The molecule has 0 radical (unpaired) electrons. The SMILES string of the molecule is Cc1cc(C)n(-c2ccc(Cl)c(C(=O)N3CCN(c4ccccc4C)CC3)n2)n1. The monoisotopic (exact) mass is 409 g/mol. The van der Waals surface area contributed by atoms with Gasteiger partial charge >= 0.3 is 0 Å². The molecule has 1 amide bonds. The van der Waals surface area contributed by atoms with Gasteiger partial charge in [0.1, 0.15) is 5.69 Å². The van der Waals surface area contributed by atoms with Crippen molar-refractivity contribution in [1.82, 2.24) is 19.7 Å². The van der Waals surface area contributed by atoms with Crippen LogP contribution in [0.2, 0.25) is 5.02 Å². The van der Waals surface area contributed by atoms with Crippen molar-refractivity contribution in [1.29, 1.82) is 0 Å². The maximum absolute atomic E-state index is 13.1. The van der Waals surface area contributed by atoms with E-state index < -0.39 is 0 Å². The minimum atomic E-state index is -0.136. The van der Waals surface area contributed by atoms with Gasteiger partial charge in [0.25, 0.3) is 5.91 Å². The van der Waals surface area contributed by atoms with Crippen molar-refractivity contribution < 1.29 is 4.79 Å². The zero-order chi connectivity index (χ0) is 20.5. The molecule has 1 fully saturated rings. The number of hydrogen-bond donors (Lipinski definition) is 0. The molecule has 2 aromatic heterocycles. The molecule has 1 aliphatic heterocycles. The lowest BCUT2D eigenvalue weighted by molar-refractivity contribution is 0.0741. The van der Waals surface area contributed by atoms with Crippen LogP contribution in [0, 0.1) is 20.8 Å². The van der Waals surface area contributed by atoms with Crippen LogP contribution < -0.4 is 4.90 Å². The molecule has 0 N–H and O–H groups in total. The first-order chi connectivity index (χ1) is 13.9. The molecular weight excluding hydrogens is 386 g/mol. The summed E-state index contributed by atoms with van der Waals surface area (Å²) in [6, 6.07) is 13.8. The molecule has 0 aliphatic carbocycles. The van der Waals surface area contributed by atoms with E-state index in [-0.39, 0.29) is 11.6 Å². The normalized spacial score (nSPS) is 14.3. The standard InChI is InChI=1S/C22H24ClN5O/c1-15-6-4-5-7-19(15)26-10-12-27(13-11-26)22(29)21-18(23)8-9-20(24-21)28-17(3)14-16(2)25-28/h4-9,14H,10-13H2,1-3H3. The third-order valence-electron chi connectivity index (χ3n) is 5.28. The Labute approximate surface area is 175 Å². The molecule has 0 unspecified atom stereocenters. The minimum Gasteiger partial charge on any atom is -0.368 e. The van der Waals surface area contributed by atoms with Gasteiger partial charge in [0, 0.05) is 37.6 Å². The predicted octanol–water partition coefficient (Wildman–Crippen LogP) is 3.81. The fourth-order valence-corrected chi connectivity index (χ4v) is 3.97. The van der Waals surface area contributed by atoms with Crippen molar-refractivity contribution in [3.05, 3.63) is 70.1 Å². The Bertz CT molecular complexity index is 1050. The molecule has 4 rings (SSSR count). The van der Waals surface area contributed by atoms with Crippen molar-refractivity contribution >= 4 is 23.2 Å². The van der Waals surface area contributed by atoms with Crippen LogP contribution >= 0.6 is 11.6 Å². The number of halogens is 1. The van der Waals surface area contributed by atoms with Gasteiger partial charge in [-0.3, -0.25) is 4.79 Å². The molecule has 1 aromatic carbocycles. The van der Waals surface area contributed by atoms with Crippen LogP contribution in [-0.2, 0) is 0 Å². The van der Waals surface area contributed by atoms with Crippen LogP contribution in [0.25, 0.3) is 5.82 Å². The second-order valence-corrected chi connectivity index (χ2v) is 7.81. The number of para-hydroxylation sites is 1. The van der Waals surface area contributed by atoms with E-state index in [0.29, 0.717) is 23.9 Å². The summed E-state index contributed by atoms with van der Waals surface area (Å²) in [6.07, 6.45) is 0. The quantitative estimate of drug-likeness (QED) is 0.660. The van der Waals surface area contributed by atoms with E-state index >= 15 is 0 Å². The summed E-state index contributed by atoms with van der Waals surface area (Å²) in [5.41, 5.74) is 4.61. The van der Waals surface area contributed by atoms with Crippen LogP contribution in [0.5, 0.6) is 0 Å². The molecule has 150 valence electrons. The molecule has 7 heteroatoms. The zero-order valence-electron chi connectivity index (χ0n) is 16.9. The first kappa shape index (κ1) is 19.5. The Morgan fingerprint density at radius 1 is 1.00 bits per heavy atom. The lowest BCUT2D eigenvalue weighted by atomic mass is 10.1. The average molecular weight is 410 g/mol. The second kappa shape index (κ2) is 7.87. The number of carbonyl (C=O) groups excluding carboxylic acids is 1. The van der Waals surface area contributed by atoms with E-state index in [9.17, 15) is 4.79 Å². The Balaban J connectivity index is 1.52. The van der Waals surface area contributed by atoms with Gasteiger partial charge in [-0.1, -0.05) is 29.8 Å². The molecule has 6 nitrogen and oxygen atoms in total. The Morgan fingerprint density at radius 3 is 2.38 bits per heavy atom. The van der Waals surface area contributed by atoms with Crippen LogP contribution in [0.15, 0.2) is 42.5 Å². The topological polar surface area (TPSA) is 54.3 Å². The Morgan fingerprint density at radius 2 is 1.72 bits per heavy atom. The van der Waals surface area contributed by atoms with Crippen molar-refractivity contribution in [2.45, 2.75) is 20.8 Å². The van der Waals surface area contributed by atoms with E-state index in [1.807, 2.05) is 36.9 Å². The first-order valence-corrected chi connectivity index (χ1v) is 10.1. The average Bonchev–Trinajstić information content (AvgIpc) is 3.06. The molecule has 0 spiro atoms. The van der Waals surface area contributed by atoms with Gasteiger partial charge in [-0.25, -0.2) is 9.67 Å². The molecule has 3 heterocycles. The van der Waals surface area contributed by atoms with Gasteiger partial charge in [0.15, 0.2) is 5.82 Å². The molecule has 0 bridgehead atoms. The number of aryl methyl sites for hydroxylation is 3. The van der Waals surface area contributed by atoms with Crippen molar-refractivity contribution in [2.75, 3.05) is 31.1 Å². The molecule has 1 aliphatic rings. The van der Waals surface area contributed by atoms with Crippen molar-refractivity contribution in [3.8, 4) is 5.82 Å². The van der Waals surface area contributed by atoms with E-state index in [2.05, 4.69) is 34.0 Å². The maximum atomic E-state index is 13.1. The number of hydrogen-bond acceptors (Lipinski definition) is 4. The molecule has 3 aromatic rings. The van der Waals surface area contributed by atoms with Gasteiger partial charge in [0.05, 0.1) is 10.7 Å². The lowest BCUT2D eigenvalue weighted by Gasteiger charge is -2.36. The summed E-state index contributed by atoms with van der Waals surface area (Å²) in [4.78, 5) is 21.8. The fraction of sp³-hybridized carbons (Fsp3) is 0.318. The van der Waals surface area contributed by atoms with Crippen LogP contribution in [-0.4, -0.2) is 51.8 Å². The predicted molar refractivity (Wildman–Crippen MR) is 115 cm³/mol. The van der Waals surface area contributed by atoms with Crippen LogP contribution in [0.4, 0.5) is 5.69 Å². The largest absolute Gasteiger partial charge is 0.368 e. The van der Waals surface area contributed by atoms with Gasteiger partial charge in [0.2, 0.25) is 0 Å². The number of carbonyl (C=O) groups is 1. The van der Waals surface area contributed by atoms with Crippen LogP contribution in [0.1, 0.15) is 27.4 Å². The number of rotatable bonds is 3. The molecule has 0 atom stereocenters. The molecule has 29 heavy (non-hydrogen) atoms. The number of anilines is 1. The van der Waals surface area contributed by atoms with Crippen molar-refractivity contribution in [2.24, 2.45) is 0 Å². The summed E-state index contributed by atoms with van der Waals surface area (Å²) >= 11 is 6.34. The van der Waals surface area contributed by atoms with Gasteiger partial charge in [-0.05, 0) is 50.6 Å². The van der Waals surface area contributed by atoms with Gasteiger partial charge in [-0.15, -0.1) is 0 Å². The smallest absolute Gasteiger partial charge is 0.274 e. The molecule has 0 saturated carbocycles. The van der Waals surface area contributed by atoms with Crippen molar-refractivity contribution in [3.63, 3.8) is 0 Å². The summed E-state index contributed by atoms with van der Waals surface area (Å²) in [6.45, 7) is 8.84. The number of piperazine rings is 1. The summed E-state index contributed by atoms with van der Waals surface area (Å²) in [5, 5.41) is 4.82. The number of aromatic nitrogens is 3. The number of amides is 1. The number of benzene rings is 1. The highest BCUT2D eigenvalue weighted by Gasteiger charge is 2.26. The molecule has 1 saturated heterocycles. The van der Waals surface area contributed by atoms with E-state index in [0.717, 1.165) is 24.5 Å². The fourth-order valence-electron chi connectivity index (χ4n) is 3.78. The zero-order valence-corrected chi connectivity index (χ0v) is 17.6. The van der Waals surface area contributed by atoms with E-state index in [1.54, 1.807) is 16.8 Å². The summed E-state index contributed by atoms with van der Waals surface area (Å²) in [5.74, 6) is 0.463. The third kappa shape index (κ3) is 3.85. The maximum Gasteiger partial charge on any atom is 0.274 e.